The third-order valence-corrected chi connectivity index (χ3v) is 5.12. The van der Waals surface area contributed by atoms with Crippen molar-refractivity contribution in [2.75, 3.05) is 0 Å². The van der Waals surface area contributed by atoms with Gasteiger partial charge in [0.15, 0.2) is 0 Å². The highest BCUT2D eigenvalue weighted by Crippen LogP contribution is 2.30. The van der Waals surface area contributed by atoms with Gasteiger partial charge in [0.2, 0.25) is 0 Å². The summed E-state index contributed by atoms with van der Waals surface area (Å²) in [6.07, 6.45) is 1.73. The fourth-order valence-corrected chi connectivity index (χ4v) is 3.71. The number of aromatic nitrogens is 2. The Labute approximate surface area is 176 Å². The van der Waals surface area contributed by atoms with Gasteiger partial charge in [0.1, 0.15) is 0 Å². The molecule has 3 aromatic carbocycles. The van der Waals surface area contributed by atoms with E-state index in [1.807, 2.05) is 73.7 Å². The fourth-order valence-electron chi connectivity index (χ4n) is 3.71. The van der Waals surface area contributed by atoms with Crippen molar-refractivity contribution < 1.29 is 0 Å². The van der Waals surface area contributed by atoms with Crippen LogP contribution in [-0.4, -0.2) is 15.5 Å². The van der Waals surface area contributed by atoms with Gasteiger partial charge in [-0.2, -0.15) is 0 Å². The quantitative estimate of drug-likeness (QED) is 0.404. The van der Waals surface area contributed by atoms with Crippen LogP contribution in [0.25, 0.3) is 16.8 Å². The topological polar surface area (TPSA) is 50.1 Å². The van der Waals surface area contributed by atoms with E-state index < -0.39 is 0 Å². The number of benzene rings is 3. The summed E-state index contributed by atoms with van der Waals surface area (Å²) in [6, 6.07) is 27.9. The van der Waals surface area contributed by atoms with E-state index >= 15 is 0 Å². The molecule has 0 aliphatic heterocycles. The first-order valence-corrected chi connectivity index (χ1v) is 10.3. The maximum atomic E-state index is 13.3. The largest absolute Gasteiger partial charge is 0.294 e. The van der Waals surface area contributed by atoms with E-state index in [-0.39, 0.29) is 5.56 Å². The van der Waals surface area contributed by atoms with Gasteiger partial charge in [-0.15, -0.1) is 0 Å². The molecular weight excluding hydrogens is 370 g/mol. The Balaban J connectivity index is 1.83. The molecule has 0 aliphatic carbocycles. The van der Waals surface area contributed by atoms with Crippen LogP contribution in [0.1, 0.15) is 31.5 Å². The van der Waals surface area contributed by atoms with Crippen LogP contribution in [0.15, 0.2) is 94.7 Å². The zero-order valence-electron chi connectivity index (χ0n) is 17.3. The van der Waals surface area contributed by atoms with Crippen LogP contribution in [0.3, 0.4) is 0 Å². The van der Waals surface area contributed by atoms with Crippen LogP contribution in [0.2, 0.25) is 0 Å². The lowest BCUT2D eigenvalue weighted by Gasteiger charge is -2.07. The summed E-state index contributed by atoms with van der Waals surface area (Å²) in [5.74, 6) is 0. The number of aryl methyl sites for hydroxylation is 1. The molecule has 4 aromatic rings. The average Bonchev–Trinajstić information content (AvgIpc) is 3.11. The molecule has 0 amide bonds. The van der Waals surface area contributed by atoms with Crippen molar-refractivity contribution in [1.29, 1.82) is 0 Å². The van der Waals surface area contributed by atoms with Crippen molar-refractivity contribution in [2.24, 2.45) is 4.99 Å². The molecule has 0 atom stereocenters. The summed E-state index contributed by atoms with van der Waals surface area (Å²) in [5, 5.41) is 3.30. The van der Waals surface area contributed by atoms with Crippen molar-refractivity contribution in [3.8, 4) is 16.8 Å². The maximum absolute atomic E-state index is 13.3. The monoisotopic (exact) mass is 395 g/mol. The molecule has 4 nitrogen and oxygen atoms in total. The van der Waals surface area contributed by atoms with E-state index in [9.17, 15) is 4.79 Å². The summed E-state index contributed by atoms with van der Waals surface area (Å²) >= 11 is 0. The molecular formula is C26H25N3O. The normalized spacial score (nSPS) is 11.6. The number of rotatable bonds is 6. The molecule has 0 saturated carbocycles. The molecule has 0 unspecified atom stereocenters. The molecule has 4 heteroatoms. The number of nitrogens with zero attached hydrogens (tertiary/aromatic N) is 2. The molecule has 0 saturated heterocycles. The Morgan fingerprint density at radius 3 is 2.23 bits per heavy atom. The number of hydrogen-bond donors (Lipinski definition) is 1. The van der Waals surface area contributed by atoms with Crippen molar-refractivity contribution in [1.82, 2.24) is 9.78 Å². The van der Waals surface area contributed by atoms with Crippen molar-refractivity contribution in [3.63, 3.8) is 0 Å². The van der Waals surface area contributed by atoms with E-state index in [1.165, 1.54) is 0 Å². The molecule has 150 valence electrons. The molecule has 0 aliphatic rings. The number of nitrogens with one attached hydrogen (secondary N) is 1. The molecule has 1 heterocycles. The van der Waals surface area contributed by atoms with Crippen LogP contribution in [0.5, 0.6) is 0 Å². The first-order chi connectivity index (χ1) is 14.7. The van der Waals surface area contributed by atoms with E-state index in [0.29, 0.717) is 5.56 Å². The minimum Gasteiger partial charge on any atom is -0.294 e. The number of aliphatic imine (C=N–C) groups is 1. The highest BCUT2D eigenvalue weighted by atomic mass is 16.1. The predicted octanol–water partition coefficient (Wildman–Crippen LogP) is 5.93. The number of hydrogen-bond acceptors (Lipinski definition) is 2. The van der Waals surface area contributed by atoms with E-state index in [1.54, 1.807) is 4.68 Å². The van der Waals surface area contributed by atoms with Gasteiger partial charge in [0.05, 0.1) is 22.6 Å². The first kappa shape index (κ1) is 19.6. The smallest absolute Gasteiger partial charge is 0.280 e. The summed E-state index contributed by atoms with van der Waals surface area (Å²) in [4.78, 5) is 18.2. The lowest BCUT2D eigenvalue weighted by atomic mass is 10.0. The van der Waals surface area contributed by atoms with E-state index in [2.05, 4.69) is 30.2 Å². The molecule has 0 bridgehead atoms. The Kier molecular flexibility index (Phi) is 5.75. The van der Waals surface area contributed by atoms with Gasteiger partial charge >= 0.3 is 0 Å². The molecule has 1 aromatic heterocycles. The van der Waals surface area contributed by atoms with Crippen molar-refractivity contribution in [2.45, 2.75) is 26.7 Å². The van der Waals surface area contributed by atoms with Gasteiger partial charge in [-0.25, -0.2) is 4.68 Å². The SMILES string of the molecule is CCCc1[nH]n(-c2ccccc2)c(=O)c1C(C)=Nc1ccccc1-c1ccccc1. The number of para-hydroxylation sites is 2. The second-order valence-corrected chi connectivity index (χ2v) is 7.27. The second-order valence-electron chi connectivity index (χ2n) is 7.27. The lowest BCUT2D eigenvalue weighted by Crippen LogP contribution is -2.19. The number of aromatic amines is 1. The van der Waals surface area contributed by atoms with Crippen LogP contribution in [0.4, 0.5) is 5.69 Å². The van der Waals surface area contributed by atoms with Gasteiger partial charge in [0.25, 0.3) is 5.56 Å². The first-order valence-electron chi connectivity index (χ1n) is 10.3. The van der Waals surface area contributed by atoms with E-state index in [4.69, 9.17) is 4.99 Å². The Bertz CT molecular complexity index is 1220. The summed E-state index contributed by atoms with van der Waals surface area (Å²) < 4.78 is 1.61. The molecule has 0 spiro atoms. The van der Waals surface area contributed by atoms with Gasteiger partial charge in [-0.3, -0.25) is 14.9 Å². The van der Waals surface area contributed by atoms with Crippen molar-refractivity contribution >= 4 is 11.4 Å². The predicted molar refractivity (Wildman–Crippen MR) is 124 cm³/mol. The second kappa shape index (κ2) is 8.78. The Morgan fingerprint density at radius 1 is 0.900 bits per heavy atom. The molecule has 4 rings (SSSR count). The zero-order chi connectivity index (χ0) is 20.9. The fraction of sp³-hybridized carbons (Fsp3) is 0.154. The Hall–Kier alpha value is -3.66. The number of H-pyrrole nitrogens is 1. The van der Waals surface area contributed by atoms with Gasteiger partial charge in [-0.1, -0.05) is 80.1 Å². The van der Waals surface area contributed by atoms with Gasteiger partial charge in [-0.05, 0) is 37.1 Å². The summed E-state index contributed by atoms with van der Waals surface area (Å²) in [5.41, 5.74) is 6.07. The van der Waals surface area contributed by atoms with Crippen molar-refractivity contribution in [3.05, 3.63) is 107 Å². The molecule has 1 N–H and O–H groups in total. The van der Waals surface area contributed by atoms with Crippen LogP contribution in [0, 0.1) is 0 Å². The third kappa shape index (κ3) is 3.90. The van der Waals surface area contributed by atoms with E-state index in [0.717, 1.165) is 46.7 Å². The average molecular weight is 396 g/mol. The Morgan fingerprint density at radius 2 is 1.53 bits per heavy atom. The standard InChI is InChI=1S/C26H25N3O/c1-3-12-24-25(26(30)29(28-24)21-15-8-5-9-16-21)19(2)27-23-18-11-10-17-22(23)20-13-6-4-7-14-20/h4-11,13-18,28H,3,12H2,1-2H3. The lowest BCUT2D eigenvalue weighted by molar-refractivity contribution is 0.793. The van der Waals surface area contributed by atoms with Crippen LogP contribution < -0.4 is 5.56 Å². The third-order valence-electron chi connectivity index (χ3n) is 5.12. The van der Waals surface area contributed by atoms with Crippen LogP contribution in [-0.2, 0) is 6.42 Å². The molecule has 0 fully saturated rings. The zero-order valence-corrected chi connectivity index (χ0v) is 17.3. The summed E-state index contributed by atoms with van der Waals surface area (Å²) in [7, 11) is 0. The van der Waals surface area contributed by atoms with Crippen LogP contribution >= 0.6 is 0 Å². The minimum absolute atomic E-state index is 0.0666. The highest BCUT2D eigenvalue weighted by Gasteiger charge is 2.17. The maximum Gasteiger partial charge on any atom is 0.280 e. The minimum atomic E-state index is -0.0666. The highest BCUT2D eigenvalue weighted by molar-refractivity contribution is 6.02. The van der Waals surface area contributed by atoms with Gasteiger partial charge < -0.3 is 0 Å². The molecule has 30 heavy (non-hydrogen) atoms. The van der Waals surface area contributed by atoms with Gasteiger partial charge in [0, 0.05) is 11.3 Å². The summed E-state index contributed by atoms with van der Waals surface area (Å²) in [6.45, 7) is 4.03. The molecule has 0 radical (unpaired) electrons.